The van der Waals surface area contributed by atoms with Gasteiger partial charge in [0, 0.05) is 31.6 Å². The van der Waals surface area contributed by atoms with E-state index < -0.39 is 0 Å². The molecule has 3 rings (SSSR count). The van der Waals surface area contributed by atoms with Gasteiger partial charge < -0.3 is 10.2 Å². The quantitative estimate of drug-likeness (QED) is 0.724. The Morgan fingerprint density at radius 3 is 2.93 bits per heavy atom. The van der Waals surface area contributed by atoms with Gasteiger partial charge in [0.1, 0.15) is 0 Å². The molecular weight excluding hydrogens is 188 g/mol. The Hall–Kier alpha value is -1.55. The minimum Gasteiger partial charge on any atom is -0.367 e. The molecule has 0 aliphatic carbocycles. The minimum atomic E-state index is 1.06. The van der Waals surface area contributed by atoms with Crippen LogP contribution < -0.4 is 10.2 Å². The first-order chi connectivity index (χ1) is 7.45. The van der Waals surface area contributed by atoms with Crippen LogP contribution in [0.5, 0.6) is 0 Å². The third kappa shape index (κ3) is 1.47. The number of aromatic amines is 1. The number of nitrogens with zero attached hydrogens (tertiary/aromatic N) is 2. The van der Waals surface area contributed by atoms with Crippen molar-refractivity contribution < 1.29 is 0 Å². The van der Waals surface area contributed by atoms with E-state index in [2.05, 4.69) is 38.6 Å². The maximum atomic E-state index is 4.09. The van der Waals surface area contributed by atoms with Crippen LogP contribution in [0.25, 0.3) is 10.9 Å². The van der Waals surface area contributed by atoms with Gasteiger partial charge in [0.05, 0.1) is 17.4 Å². The van der Waals surface area contributed by atoms with Gasteiger partial charge in [-0.05, 0) is 6.07 Å². The average Bonchev–Trinajstić information content (AvgIpc) is 2.78. The van der Waals surface area contributed by atoms with Gasteiger partial charge in [0.15, 0.2) is 0 Å². The Kier molecular flexibility index (Phi) is 2.07. The van der Waals surface area contributed by atoms with Crippen LogP contribution in [0, 0.1) is 0 Å². The molecule has 1 aliphatic heterocycles. The summed E-state index contributed by atoms with van der Waals surface area (Å²) in [5.41, 5.74) is 2.42. The maximum Gasteiger partial charge on any atom is 0.0883 e. The second-order valence-electron chi connectivity index (χ2n) is 3.85. The summed E-state index contributed by atoms with van der Waals surface area (Å²) < 4.78 is 0. The largest absolute Gasteiger partial charge is 0.367 e. The van der Waals surface area contributed by atoms with Gasteiger partial charge in [0.2, 0.25) is 0 Å². The average molecular weight is 202 g/mol. The lowest BCUT2D eigenvalue weighted by molar-refractivity contribution is 0.590. The van der Waals surface area contributed by atoms with Gasteiger partial charge in [-0.2, -0.15) is 5.10 Å². The van der Waals surface area contributed by atoms with Gasteiger partial charge in [-0.25, -0.2) is 0 Å². The molecule has 2 heterocycles. The van der Waals surface area contributed by atoms with Crippen molar-refractivity contribution in [2.75, 3.05) is 31.1 Å². The maximum absolute atomic E-state index is 4.09. The third-order valence-electron chi connectivity index (χ3n) is 2.91. The van der Waals surface area contributed by atoms with E-state index in [4.69, 9.17) is 0 Å². The molecule has 0 saturated carbocycles. The van der Waals surface area contributed by atoms with Crippen LogP contribution in [-0.2, 0) is 0 Å². The number of H-pyrrole nitrogens is 1. The van der Waals surface area contributed by atoms with Crippen molar-refractivity contribution in [3.8, 4) is 0 Å². The van der Waals surface area contributed by atoms with Gasteiger partial charge in [-0.1, -0.05) is 12.1 Å². The number of hydrogen-bond acceptors (Lipinski definition) is 3. The highest BCUT2D eigenvalue weighted by atomic mass is 15.2. The van der Waals surface area contributed by atoms with Gasteiger partial charge in [-0.3, -0.25) is 5.10 Å². The lowest BCUT2D eigenvalue weighted by Crippen LogP contribution is -2.43. The Morgan fingerprint density at radius 2 is 2.07 bits per heavy atom. The fourth-order valence-corrected chi connectivity index (χ4v) is 2.12. The van der Waals surface area contributed by atoms with E-state index in [1.807, 2.05) is 6.20 Å². The number of para-hydroxylation sites is 1. The number of aromatic nitrogens is 2. The molecule has 1 aromatic carbocycles. The Bertz CT molecular complexity index is 456. The van der Waals surface area contributed by atoms with Crippen LogP contribution in [0.4, 0.5) is 5.69 Å². The second-order valence-corrected chi connectivity index (χ2v) is 3.85. The van der Waals surface area contributed by atoms with Crippen LogP contribution in [-0.4, -0.2) is 36.4 Å². The summed E-state index contributed by atoms with van der Waals surface area (Å²) in [6.07, 6.45) is 1.88. The topological polar surface area (TPSA) is 44.0 Å². The van der Waals surface area contributed by atoms with Crippen molar-refractivity contribution in [2.45, 2.75) is 0 Å². The Labute approximate surface area is 88.3 Å². The lowest BCUT2D eigenvalue weighted by Gasteiger charge is -2.29. The number of fused-ring (bicyclic) bond motifs is 1. The van der Waals surface area contributed by atoms with Crippen molar-refractivity contribution in [1.82, 2.24) is 15.5 Å². The van der Waals surface area contributed by atoms with E-state index >= 15 is 0 Å². The molecule has 78 valence electrons. The molecule has 4 nitrogen and oxygen atoms in total. The molecule has 1 aromatic heterocycles. The number of anilines is 1. The molecule has 1 saturated heterocycles. The summed E-state index contributed by atoms with van der Waals surface area (Å²) in [5, 5.41) is 11.7. The molecule has 0 amide bonds. The molecule has 15 heavy (non-hydrogen) atoms. The number of nitrogens with one attached hydrogen (secondary N) is 2. The van der Waals surface area contributed by atoms with E-state index in [0.717, 1.165) is 31.7 Å². The van der Waals surface area contributed by atoms with Crippen molar-refractivity contribution in [3.05, 3.63) is 24.4 Å². The van der Waals surface area contributed by atoms with E-state index in [9.17, 15) is 0 Å². The van der Waals surface area contributed by atoms with Gasteiger partial charge in [0.25, 0.3) is 0 Å². The molecule has 0 spiro atoms. The fourth-order valence-electron chi connectivity index (χ4n) is 2.12. The van der Waals surface area contributed by atoms with E-state index in [0.29, 0.717) is 0 Å². The first kappa shape index (κ1) is 8.73. The van der Waals surface area contributed by atoms with Crippen LogP contribution in [0.1, 0.15) is 0 Å². The number of piperazine rings is 1. The first-order valence-electron chi connectivity index (χ1n) is 5.33. The van der Waals surface area contributed by atoms with Crippen molar-refractivity contribution in [2.24, 2.45) is 0 Å². The van der Waals surface area contributed by atoms with Gasteiger partial charge in [-0.15, -0.1) is 0 Å². The molecular formula is C11H14N4. The predicted octanol–water partition coefficient (Wildman–Crippen LogP) is 0.972. The summed E-state index contributed by atoms with van der Waals surface area (Å²) in [4.78, 5) is 2.40. The monoisotopic (exact) mass is 202 g/mol. The third-order valence-corrected chi connectivity index (χ3v) is 2.91. The summed E-state index contributed by atoms with van der Waals surface area (Å²) in [5.74, 6) is 0. The number of benzene rings is 1. The van der Waals surface area contributed by atoms with Crippen LogP contribution in [0.15, 0.2) is 24.4 Å². The molecule has 1 aliphatic rings. The fraction of sp³-hybridized carbons (Fsp3) is 0.364. The molecule has 4 heteroatoms. The summed E-state index contributed by atoms with van der Waals surface area (Å²) >= 11 is 0. The smallest absolute Gasteiger partial charge is 0.0883 e. The van der Waals surface area contributed by atoms with Gasteiger partial charge >= 0.3 is 0 Å². The number of hydrogen-bond donors (Lipinski definition) is 2. The van der Waals surface area contributed by atoms with Crippen LogP contribution >= 0.6 is 0 Å². The van der Waals surface area contributed by atoms with Crippen molar-refractivity contribution in [1.29, 1.82) is 0 Å². The molecule has 2 N–H and O–H groups in total. The molecule has 2 aromatic rings. The zero-order valence-corrected chi connectivity index (χ0v) is 8.53. The highest BCUT2D eigenvalue weighted by molar-refractivity contribution is 5.90. The highest BCUT2D eigenvalue weighted by Gasteiger charge is 2.13. The number of rotatable bonds is 1. The van der Waals surface area contributed by atoms with Crippen LogP contribution in [0.2, 0.25) is 0 Å². The Morgan fingerprint density at radius 1 is 1.20 bits per heavy atom. The van der Waals surface area contributed by atoms with E-state index in [-0.39, 0.29) is 0 Å². The van der Waals surface area contributed by atoms with Crippen LogP contribution in [0.3, 0.4) is 0 Å². The standard InChI is InChI=1S/C11H14N4/c1-2-9-8-13-14-11(9)10(3-1)15-6-4-12-5-7-15/h1-3,8,12H,4-7H2,(H,13,14). The molecule has 0 atom stereocenters. The summed E-state index contributed by atoms with van der Waals surface area (Å²) in [7, 11) is 0. The van der Waals surface area contributed by atoms with Crippen molar-refractivity contribution in [3.63, 3.8) is 0 Å². The normalized spacial score (nSPS) is 17.2. The zero-order chi connectivity index (χ0) is 10.1. The SMILES string of the molecule is c1cc(N2CCNCC2)c2[nH]ncc2c1. The second kappa shape index (κ2) is 3.55. The zero-order valence-electron chi connectivity index (χ0n) is 8.53. The predicted molar refractivity (Wildman–Crippen MR) is 61.2 cm³/mol. The molecule has 0 bridgehead atoms. The van der Waals surface area contributed by atoms with Crippen molar-refractivity contribution >= 4 is 16.6 Å². The Balaban J connectivity index is 2.05. The minimum absolute atomic E-state index is 1.06. The lowest BCUT2D eigenvalue weighted by atomic mass is 10.2. The summed E-state index contributed by atoms with van der Waals surface area (Å²) in [6, 6.07) is 6.34. The summed E-state index contributed by atoms with van der Waals surface area (Å²) in [6.45, 7) is 4.26. The molecule has 1 fully saturated rings. The molecule has 0 radical (unpaired) electrons. The van der Waals surface area contributed by atoms with E-state index in [1.54, 1.807) is 0 Å². The first-order valence-corrected chi connectivity index (χ1v) is 5.33. The molecule has 0 unspecified atom stereocenters. The highest BCUT2D eigenvalue weighted by Crippen LogP contribution is 2.24. The van der Waals surface area contributed by atoms with E-state index in [1.165, 1.54) is 11.1 Å².